The molecule has 0 heterocycles. The molecule has 0 amide bonds. The van der Waals surface area contributed by atoms with Gasteiger partial charge in [0.05, 0.1) is 19.3 Å². The summed E-state index contributed by atoms with van der Waals surface area (Å²) >= 11 is 0. The van der Waals surface area contributed by atoms with Gasteiger partial charge in [-0.05, 0) is 25.8 Å². The van der Waals surface area contributed by atoms with Crippen LogP contribution in [0.2, 0.25) is 0 Å². The van der Waals surface area contributed by atoms with Gasteiger partial charge < -0.3 is 14.9 Å². The van der Waals surface area contributed by atoms with Crippen molar-refractivity contribution in [2.75, 3.05) is 40.0 Å². The number of hydrogen-bond acceptors (Lipinski definition) is 4. The molecule has 0 aliphatic heterocycles. The predicted molar refractivity (Wildman–Crippen MR) is 80.9 cm³/mol. The molecular formula is C16H27NO3. The van der Waals surface area contributed by atoms with E-state index in [-0.39, 0.29) is 6.61 Å². The molecule has 1 atom stereocenters. The second-order valence-electron chi connectivity index (χ2n) is 5.28. The lowest BCUT2D eigenvalue weighted by Crippen LogP contribution is -2.32. The molecule has 0 aliphatic rings. The number of nitrogens with zero attached hydrogens (tertiary/aromatic N) is 1. The topological polar surface area (TPSA) is 52.9 Å². The summed E-state index contributed by atoms with van der Waals surface area (Å²) in [5.74, 6) is 0. The van der Waals surface area contributed by atoms with Gasteiger partial charge in [0, 0.05) is 26.7 Å². The van der Waals surface area contributed by atoms with Crippen molar-refractivity contribution in [2.45, 2.75) is 26.4 Å². The van der Waals surface area contributed by atoms with Gasteiger partial charge in [-0.3, -0.25) is 4.90 Å². The minimum Gasteiger partial charge on any atom is -0.395 e. The molecule has 0 spiro atoms. The molecule has 0 aliphatic carbocycles. The van der Waals surface area contributed by atoms with Crippen molar-refractivity contribution >= 4 is 0 Å². The smallest absolute Gasteiger partial charge is 0.0802 e. The van der Waals surface area contributed by atoms with Crippen molar-refractivity contribution in [3.63, 3.8) is 0 Å². The fourth-order valence-electron chi connectivity index (χ4n) is 2.37. The Kier molecular flexibility index (Phi) is 7.77. The minimum atomic E-state index is -0.461. The van der Waals surface area contributed by atoms with Crippen LogP contribution in [-0.2, 0) is 4.74 Å². The van der Waals surface area contributed by atoms with E-state index in [4.69, 9.17) is 9.84 Å². The number of aliphatic hydroxyl groups excluding tert-OH is 2. The lowest BCUT2D eigenvalue weighted by molar-refractivity contribution is 0.105. The molecule has 1 unspecified atom stereocenters. The third kappa shape index (κ3) is 6.01. The van der Waals surface area contributed by atoms with Crippen LogP contribution in [0, 0.1) is 13.8 Å². The zero-order chi connectivity index (χ0) is 15.0. The normalized spacial score (nSPS) is 12.9. The molecule has 0 radical (unpaired) electrons. The standard InChI is InChI=1S/C16H27NO3/c1-13-10-14(2)12-15(11-13)16(19)4-5-17(6-8-18)7-9-20-3/h10-12,16,18-19H,4-9H2,1-3H3. The Morgan fingerprint density at radius 3 is 2.30 bits per heavy atom. The second-order valence-corrected chi connectivity index (χ2v) is 5.28. The van der Waals surface area contributed by atoms with Crippen molar-refractivity contribution in [3.8, 4) is 0 Å². The number of ether oxygens (including phenoxy) is 1. The largest absolute Gasteiger partial charge is 0.395 e. The molecule has 20 heavy (non-hydrogen) atoms. The average Bonchev–Trinajstić information content (AvgIpc) is 2.40. The second kappa shape index (κ2) is 9.08. The van der Waals surface area contributed by atoms with Gasteiger partial charge in [-0.2, -0.15) is 0 Å². The van der Waals surface area contributed by atoms with Crippen LogP contribution in [0.5, 0.6) is 0 Å². The van der Waals surface area contributed by atoms with Crippen LogP contribution < -0.4 is 0 Å². The Morgan fingerprint density at radius 2 is 1.75 bits per heavy atom. The van der Waals surface area contributed by atoms with E-state index in [1.807, 2.05) is 26.0 Å². The first-order valence-corrected chi connectivity index (χ1v) is 7.15. The summed E-state index contributed by atoms with van der Waals surface area (Å²) in [7, 11) is 1.67. The summed E-state index contributed by atoms with van der Waals surface area (Å²) in [6, 6.07) is 6.17. The van der Waals surface area contributed by atoms with Crippen LogP contribution in [-0.4, -0.2) is 55.1 Å². The lowest BCUT2D eigenvalue weighted by Gasteiger charge is -2.22. The maximum Gasteiger partial charge on any atom is 0.0802 e. The molecule has 0 aromatic heterocycles. The highest BCUT2D eigenvalue weighted by Crippen LogP contribution is 2.20. The van der Waals surface area contributed by atoms with E-state index in [9.17, 15) is 5.11 Å². The summed E-state index contributed by atoms with van der Waals surface area (Å²) in [4.78, 5) is 2.11. The summed E-state index contributed by atoms with van der Waals surface area (Å²) < 4.78 is 5.06. The van der Waals surface area contributed by atoms with Crippen molar-refractivity contribution in [2.24, 2.45) is 0 Å². The fourth-order valence-corrected chi connectivity index (χ4v) is 2.37. The number of aryl methyl sites for hydroxylation is 2. The van der Waals surface area contributed by atoms with Gasteiger partial charge in [-0.1, -0.05) is 29.3 Å². The highest BCUT2D eigenvalue weighted by atomic mass is 16.5. The number of aliphatic hydroxyl groups is 2. The molecule has 0 bridgehead atoms. The SMILES string of the molecule is COCCN(CCO)CCC(O)c1cc(C)cc(C)c1. The molecule has 0 saturated heterocycles. The van der Waals surface area contributed by atoms with Crippen LogP contribution in [0.4, 0.5) is 0 Å². The molecule has 4 heteroatoms. The van der Waals surface area contributed by atoms with Crippen LogP contribution in [0.1, 0.15) is 29.2 Å². The number of benzene rings is 1. The average molecular weight is 281 g/mol. The van der Waals surface area contributed by atoms with Crippen molar-refractivity contribution in [3.05, 3.63) is 34.9 Å². The quantitative estimate of drug-likeness (QED) is 0.723. The van der Waals surface area contributed by atoms with Crippen LogP contribution in [0.3, 0.4) is 0 Å². The van der Waals surface area contributed by atoms with Gasteiger partial charge in [0.2, 0.25) is 0 Å². The molecule has 1 aromatic carbocycles. The number of methoxy groups -OCH3 is 1. The Morgan fingerprint density at radius 1 is 1.10 bits per heavy atom. The Bertz CT molecular complexity index is 375. The van der Waals surface area contributed by atoms with Gasteiger partial charge in [-0.15, -0.1) is 0 Å². The fraction of sp³-hybridized carbons (Fsp3) is 0.625. The van der Waals surface area contributed by atoms with Crippen molar-refractivity contribution < 1.29 is 14.9 Å². The zero-order valence-corrected chi connectivity index (χ0v) is 12.8. The first-order chi connectivity index (χ1) is 9.56. The van der Waals surface area contributed by atoms with Gasteiger partial charge in [0.1, 0.15) is 0 Å². The Labute approximate surface area is 122 Å². The van der Waals surface area contributed by atoms with Crippen molar-refractivity contribution in [1.82, 2.24) is 4.90 Å². The molecule has 1 aromatic rings. The van der Waals surface area contributed by atoms with Gasteiger partial charge in [-0.25, -0.2) is 0 Å². The number of hydrogen-bond donors (Lipinski definition) is 2. The lowest BCUT2D eigenvalue weighted by atomic mass is 10.0. The van der Waals surface area contributed by atoms with E-state index < -0.39 is 6.10 Å². The zero-order valence-electron chi connectivity index (χ0n) is 12.8. The van der Waals surface area contributed by atoms with Crippen molar-refractivity contribution in [1.29, 1.82) is 0 Å². The maximum atomic E-state index is 10.3. The van der Waals surface area contributed by atoms with E-state index >= 15 is 0 Å². The third-order valence-electron chi connectivity index (χ3n) is 3.38. The predicted octanol–water partition coefficient (Wildman–Crippen LogP) is 1.67. The summed E-state index contributed by atoms with van der Waals surface area (Å²) in [5, 5.41) is 19.3. The monoisotopic (exact) mass is 281 g/mol. The van der Waals surface area contributed by atoms with Gasteiger partial charge in [0.15, 0.2) is 0 Å². The summed E-state index contributed by atoms with van der Waals surface area (Å²) in [5.41, 5.74) is 3.31. The molecule has 114 valence electrons. The highest BCUT2D eigenvalue weighted by Gasteiger charge is 2.11. The highest BCUT2D eigenvalue weighted by molar-refractivity contribution is 5.29. The molecular weight excluding hydrogens is 254 g/mol. The maximum absolute atomic E-state index is 10.3. The molecule has 0 saturated carbocycles. The first-order valence-electron chi connectivity index (χ1n) is 7.15. The van der Waals surface area contributed by atoms with Crippen LogP contribution in [0.25, 0.3) is 0 Å². The van der Waals surface area contributed by atoms with E-state index in [1.54, 1.807) is 7.11 Å². The van der Waals surface area contributed by atoms with E-state index in [1.165, 1.54) is 11.1 Å². The van der Waals surface area contributed by atoms with Crippen LogP contribution >= 0.6 is 0 Å². The van der Waals surface area contributed by atoms with E-state index in [0.29, 0.717) is 19.6 Å². The van der Waals surface area contributed by atoms with Crippen LogP contribution in [0.15, 0.2) is 18.2 Å². The van der Waals surface area contributed by atoms with E-state index in [0.717, 1.165) is 18.7 Å². The third-order valence-corrected chi connectivity index (χ3v) is 3.38. The Balaban J connectivity index is 2.53. The Hall–Kier alpha value is -0.940. The minimum absolute atomic E-state index is 0.128. The molecule has 1 rings (SSSR count). The van der Waals surface area contributed by atoms with E-state index in [2.05, 4.69) is 11.0 Å². The van der Waals surface area contributed by atoms with Gasteiger partial charge in [0.25, 0.3) is 0 Å². The molecule has 2 N–H and O–H groups in total. The summed E-state index contributed by atoms with van der Waals surface area (Å²) in [6.07, 6.45) is 0.199. The molecule has 4 nitrogen and oxygen atoms in total. The first kappa shape index (κ1) is 17.1. The summed E-state index contributed by atoms with van der Waals surface area (Å²) in [6.45, 7) is 6.99. The number of rotatable bonds is 9. The molecule has 0 fully saturated rings. The van der Waals surface area contributed by atoms with Gasteiger partial charge >= 0.3 is 0 Å².